The van der Waals surface area contributed by atoms with Crippen LogP contribution < -0.4 is 5.73 Å². The third-order valence-electron chi connectivity index (χ3n) is 6.82. The number of likely N-dealkylation sites (tertiary alicyclic amines) is 1. The van der Waals surface area contributed by atoms with Crippen molar-refractivity contribution in [3.8, 4) is 0 Å². The van der Waals surface area contributed by atoms with Gasteiger partial charge in [0.2, 0.25) is 0 Å². The van der Waals surface area contributed by atoms with Crippen molar-refractivity contribution in [2.24, 2.45) is 12.8 Å². The molecule has 2 N–H and O–H groups in total. The summed E-state index contributed by atoms with van der Waals surface area (Å²) in [5.74, 6) is 0.516. The van der Waals surface area contributed by atoms with Gasteiger partial charge in [0.25, 0.3) is 5.91 Å². The van der Waals surface area contributed by atoms with Crippen molar-refractivity contribution in [3.05, 3.63) is 53.2 Å². The highest BCUT2D eigenvalue weighted by molar-refractivity contribution is 5.93. The molecule has 1 saturated heterocycles. The van der Waals surface area contributed by atoms with Gasteiger partial charge in [-0.15, -0.1) is 0 Å². The Kier molecular flexibility index (Phi) is 4.85. The second-order valence-corrected chi connectivity index (χ2v) is 8.97. The third kappa shape index (κ3) is 3.31. The predicted molar refractivity (Wildman–Crippen MR) is 115 cm³/mol. The van der Waals surface area contributed by atoms with Gasteiger partial charge in [-0.3, -0.25) is 4.79 Å². The minimum atomic E-state index is -0.00786. The average Bonchev–Trinajstić information content (AvgIpc) is 3.46. The molecule has 1 amide bonds. The molecule has 7 heteroatoms. The van der Waals surface area contributed by atoms with Crippen molar-refractivity contribution in [1.82, 2.24) is 24.1 Å². The minimum Gasteiger partial charge on any atom is -0.347 e. The van der Waals surface area contributed by atoms with E-state index in [0.717, 1.165) is 73.4 Å². The van der Waals surface area contributed by atoms with Gasteiger partial charge >= 0.3 is 0 Å². The topological polar surface area (TPSA) is 81.5 Å². The zero-order chi connectivity index (χ0) is 20.8. The molecule has 2 fully saturated rings. The SMILES string of the molecule is Cc1cn2nc([C@@H]3CCCCN3C(=O)c3cccn3C)cc2nc1C1CC[C@H](N)C1. The van der Waals surface area contributed by atoms with E-state index < -0.39 is 0 Å². The van der Waals surface area contributed by atoms with E-state index in [0.29, 0.717) is 5.92 Å². The molecule has 2 aliphatic rings. The highest BCUT2D eigenvalue weighted by atomic mass is 16.2. The van der Waals surface area contributed by atoms with Gasteiger partial charge in [0.15, 0.2) is 5.65 Å². The molecular weight excluding hydrogens is 376 g/mol. The summed E-state index contributed by atoms with van der Waals surface area (Å²) >= 11 is 0. The fourth-order valence-corrected chi connectivity index (χ4v) is 5.20. The van der Waals surface area contributed by atoms with Gasteiger partial charge < -0.3 is 15.2 Å². The van der Waals surface area contributed by atoms with Crippen molar-refractivity contribution in [2.45, 2.75) is 63.5 Å². The Morgan fingerprint density at radius 2 is 2.10 bits per heavy atom. The summed E-state index contributed by atoms with van der Waals surface area (Å²) in [7, 11) is 1.92. The Morgan fingerprint density at radius 3 is 2.83 bits per heavy atom. The van der Waals surface area contributed by atoms with Crippen LogP contribution in [0.4, 0.5) is 0 Å². The number of nitrogens with two attached hydrogens (primary N) is 1. The number of fused-ring (bicyclic) bond motifs is 1. The van der Waals surface area contributed by atoms with Gasteiger partial charge in [-0.25, -0.2) is 9.50 Å². The number of hydrogen-bond acceptors (Lipinski definition) is 4. The third-order valence-corrected chi connectivity index (χ3v) is 6.82. The first-order chi connectivity index (χ1) is 14.5. The molecule has 3 aromatic rings. The van der Waals surface area contributed by atoms with Gasteiger partial charge in [-0.1, -0.05) is 0 Å². The van der Waals surface area contributed by atoms with Crippen molar-refractivity contribution in [2.75, 3.05) is 6.54 Å². The molecule has 1 unspecified atom stereocenters. The Morgan fingerprint density at radius 1 is 1.23 bits per heavy atom. The quantitative estimate of drug-likeness (QED) is 0.723. The van der Waals surface area contributed by atoms with Gasteiger partial charge in [0, 0.05) is 44.0 Å². The molecule has 0 aromatic carbocycles. The largest absolute Gasteiger partial charge is 0.347 e. The monoisotopic (exact) mass is 406 g/mol. The summed E-state index contributed by atoms with van der Waals surface area (Å²) in [6.07, 6.45) is 10.2. The molecule has 3 aromatic heterocycles. The number of amides is 1. The first-order valence-electron chi connectivity index (χ1n) is 11.1. The Labute approximate surface area is 176 Å². The van der Waals surface area contributed by atoms with Crippen LogP contribution in [0.3, 0.4) is 0 Å². The van der Waals surface area contributed by atoms with Crippen molar-refractivity contribution in [1.29, 1.82) is 0 Å². The molecule has 5 rings (SSSR count). The predicted octanol–water partition coefficient (Wildman–Crippen LogP) is 3.34. The van der Waals surface area contributed by atoms with Gasteiger partial charge in [0.05, 0.1) is 17.4 Å². The van der Waals surface area contributed by atoms with E-state index in [1.54, 1.807) is 0 Å². The molecule has 1 aliphatic carbocycles. The van der Waals surface area contributed by atoms with Crippen LogP contribution in [0.15, 0.2) is 30.6 Å². The smallest absolute Gasteiger partial charge is 0.271 e. The van der Waals surface area contributed by atoms with Crippen LogP contribution in [0.1, 0.15) is 77.9 Å². The summed E-state index contributed by atoms with van der Waals surface area (Å²) in [6, 6.07) is 6.15. The van der Waals surface area contributed by atoms with E-state index in [4.69, 9.17) is 15.8 Å². The standard InChI is InChI=1S/C23H30N6O/c1-15-14-29-21(25-22(15)16-8-9-17(24)12-16)13-18(26-29)19-6-3-4-11-28(19)23(30)20-7-5-10-27(20)2/h5,7,10,13-14,16-17,19H,3-4,6,8-9,11-12,24H2,1-2H3/t16?,17-,19-/m0/s1. The highest BCUT2D eigenvalue weighted by Crippen LogP contribution is 2.35. The number of piperidine rings is 1. The van der Waals surface area contributed by atoms with Crippen LogP contribution in [0.25, 0.3) is 5.65 Å². The number of aryl methyl sites for hydroxylation is 2. The zero-order valence-electron chi connectivity index (χ0n) is 17.8. The lowest BCUT2D eigenvalue weighted by Crippen LogP contribution is -2.39. The zero-order valence-corrected chi connectivity index (χ0v) is 17.8. The number of aromatic nitrogens is 4. The van der Waals surface area contributed by atoms with Crippen LogP contribution in [-0.2, 0) is 7.05 Å². The molecule has 1 aliphatic heterocycles. The summed E-state index contributed by atoms with van der Waals surface area (Å²) in [5, 5.41) is 4.85. The maximum atomic E-state index is 13.2. The van der Waals surface area contributed by atoms with E-state index in [2.05, 4.69) is 19.2 Å². The Hall–Kier alpha value is -2.67. The summed E-state index contributed by atoms with van der Waals surface area (Å²) in [5.41, 5.74) is 11.0. The van der Waals surface area contributed by atoms with Gasteiger partial charge in [-0.2, -0.15) is 5.10 Å². The minimum absolute atomic E-state index is 0.00786. The molecule has 7 nitrogen and oxygen atoms in total. The summed E-state index contributed by atoms with van der Waals surface area (Å²) in [6.45, 7) is 2.87. The molecule has 1 saturated carbocycles. The van der Waals surface area contributed by atoms with Crippen LogP contribution in [0.5, 0.6) is 0 Å². The summed E-state index contributed by atoms with van der Waals surface area (Å²) in [4.78, 5) is 20.2. The lowest BCUT2D eigenvalue weighted by molar-refractivity contribution is 0.0596. The number of nitrogens with zero attached hydrogens (tertiary/aromatic N) is 5. The second-order valence-electron chi connectivity index (χ2n) is 8.97. The molecule has 30 heavy (non-hydrogen) atoms. The molecule has 3 atom stereocenters. The molecule has 0 radical (unpaired) electrons. The first-order valence-corrected chi connectivity index (χ1v) is 11.1. The van der Waals surface area contributed by atoms with Crippen LogP contribution in [-0.4, -0.2) is 42.6 Å². The number of hydrogen-bond donors (Lipinski definition) is 1. The van der Waals surface area contributed by atoms with E-state index >= 15 is 0 Å². The van der Waals surface area contributed by atoms with Crippen molar-refractivity contribution < 1.29 is 4.79 Å². The second kappa shape index (κ2) is 7.54. The molecule has 158 valence electrons. The van der Waals surface area contributed by atoms with E-state index in [9.17, 15) is 4.79 Å². The molecular formula is C23H30N6O. The lowest BCUT2D eigenvalue weighted by Gasteiger charge is -2.34. The normalized spacial score (nSPS) is 24.6. The maximum Gasteiger partial charge on any atom is 0.271 e. The van der Waals surface area contributed by atoms with E-state index in [1.807, 2.05) is 39.4 Å². The van der Waals surface area contributed by atoms with E-state index in [1.165, 1.54) is 0 Å². The number of carbonyl (C=O) groups is 1. The van der Waals surface area contributed by atoms with Crippen LogP contribution >= 0.6 is 0 Å². The molecule has 0 bridgehead atoms. The molecule has 0 spiro atoms. The van der Waals surface area contributed by atoms with Gasteiger partial charge in [-0.05, 0) is 63.1 Å². The van der Waals surface area contributed by atoms with Gasteiger partial charge in [0.1, 0.15) is 5.69 Å². The summed E-state index contributed by atoms with van der Waals surface area (Å²) < 4.78 is 3.77. The average molecular weight is 407 g/mol. The van der Waals surface area contributed by atoms with Crippen LogP contribution in [0.2, 0.25) is 0 Å². The fraction of sp³-hybridized carbons (Fsp3) is 0.522. The highest BCUT2D eigenvalue weighted by Gasteiger charge is 2.32. The number of rotatable bonds is 3. The van der Waals surface area contributed by atoms with Crippen molar-refractivity contribution >= 4 is 11.6 Å². The Bertz CT molecular complexity index is 1080. The lowest BCUT2D eigenvalue weighted by atomic mass is 9.98. The Balaban J connectivity index is 1.48. The maximum absolute atomic E-state index is 13.2. The van der Waals surface area contributed by atoms with Crippen LogP contribution in [0, 0.1) is 6.92 Å². The first kappa shape index (κ1) is 19.3. The van der Waals surface area contributed by atoms with Crippen molar-refractivity contribution in [3.63, 3.8) is 0 Å². The molecule has 4 heterocycles. The van der Waals surface area contributed by atoms with E-state index in [-0.39, 0.29) is 18.0 Å². The number of carbonyl (C=O) groups excluding carboxylic acids is 1. The fourth-order valence-electron chi connectivity index (χ4n) is 5.20.